The molecular weight excluding hydrogens is 254 g/mol. The van der Waals surface area contributed by atoms with Gasteiger partial charge in [-0.25, -0.2) is 4.79 Å². The molecule has 4 heteroatoms. The van der Waals surface area contributed by atoms with Crippen LogP contribution in [0.1, 0.15) is 51.4 Å². The highest BCUT2D eigenvalue weighted by atomic mass is 16.5. The molecule has 3 aliphatic rings. The lowest BCUT2D eigenvalue weighted by Gasteiger charge is -2.33. The Balaban J connectivity index is 1.53. The number of methoxy groups -OCH3 is 1. The number of esters is 1. The van der Waals surface area contributed by atoms with E-state index in [2.05, 4.69) is 5.32 Å². The van der Waals surface area contributed by atoms with Crippen LogP contribution in [0, 0.1) is 11.8 Å². The van der Waals surface area contributed by atoms with Gasteiger partial charge in [-0.15, -0.1) is 0 Å². The molecule has 20 heavy (non-hydrogen) atoms. The summed E-state index contributed by atoms with van der Waals surface area (Å²) in [7, 11) is 1.49. The summed E-state index contributed by atoms with van der Waals surface area (Å²) in [6, 6.07) is 0.491. The molecule has 0 aliphatic heterocycles. The van der Waals surface area contributed by atoms with Crippen LogP contribution in [0.3, 0.4) is 0 Å². The minimum absolute atomic E-state index is 0.129. The normalized spacial score (nSPS) is 25.9. The van der Waals surface area contributed by atoms with E-state index in [-0.39, 0.29) is 5.97 Å². The minimum atomic E-state index is -0.574. The summed E-state index contributed by atoms with van der Waals surface area (Å²) in [4.78, 5) is 12.3. The van der Waals surface area contributed by atoms with Gasteiger partial charge in [0.25, 0.3) is 0 Å². The average molecular weight is 281 g/mol. The van der Waals surface area contributed by atoms with E-state index in [4.69, 9.17) is 9.47 Å². The molecule has 0 aromatic rings. The Labute approximate surface area is 121 Å². The lowest BCUT2D eigenvalue weighted by Crippen LogP contribution is -2.59. The second-order valence-corrected chi connectivity index (χ2v) is 6.79. The SMILES string of the molecule is COC(=O)C(COCCC1CCC1)(NC1CC1)C1CC1. The Hall–Kier alpha value is -0.610. The molecule has 1 unspecified atom stereocenters. The van der Waals surface area contributed by atoms with Gasteiger partial charge in [0.15, 0.2) is 0 Å². The smallest absolute Gasteiger partial charge is 0.328 e. The molecule has 3 fully saturated rings. The average Bonchev–Trinajstić information content (AvgIpc) is 3.25. The number of carbonyl (C=O) groups excluding carboxylic acids is 1. The van der Waals surface area contributed by atoms with Crippen LogP contribution in [-0.2, 0) is 14.3 Å². The topological polar surface area (TPSA) is 47.6 Å². The van der Waals surface area contributed by atoms with Crippen molar-refractivity contribution in [1.82, 2.24) is 5.32 Å². The van der Waals surface area contributed by atoms with Crippen molar-refractivity contribution in [1.29, 1.82) is 0 Å². The maximum Gasteiger partial charge on any atom is 0.328 e. The molecule has 0 aromatic heterocycles. The molecule has 3 saturated carbocycles. The highest BCUT2D eigenvalue weighted by molar-refractivity contribution is 5.82. The zero-order chi connectivity index (χ0) is 14.0. The first-order valence-corrected chi connectivity index (χ1v) is 8.18. The van der Waals surface area contributed by atoms with E-state index in [1.165, 1.54) is 39.2 Å². The third kappa shape index (κ3) is 3.17. The third-order valence-electron chi connectivity index (χ3n) is 5.09. The summed E-state index contributed by atoms with van der Waals surface area (Å²) >= 11 is 0. The number of hydrogen-bond donors (Lipinski definition) is 1. The highest BCUT2D eigenvalue weighted by Crippen LogP contribution is 2.42. The molecule has 0 saturated heterocycles. The van der Waals surface area contributed by atoms with Gasteiger partial charge in [0.1, 0.15) is 5.54 Å². The molecule has 4 nitrogen and oxygen atoms in total. The maximum absolute atomic E-state index is 12.3. The first-order chi connectivity index (χ1) is 9.74. The van der Waals surface area contributed by atoms with Crippen LogP contribution < -0.4 is 5.32 Å². The van der Waals surface area contributed by atoms with E-state index in [1.807, 2.05) is 0 Å². The monoisotopic (exact) mass is 281 g/mol. The summed E-state index contributed by atoms with van der Waals surface area (Å²) in [5.41, 5.74) is -0.574. The van der Waals surface area contributed by atoms with E-state index in [9.17, 15) is 4.79 Å². The molecule has 0 heterocycles. The minimum Gasteiger partial charge on any atom is -0.468 e. The van der Waals surface area contributed by atoms with Crippen LogP contribution in [0.2, 0.25) is 0 Å². The summed E-state index contributed by atoms with van der Waals surface area (Å²) in [5.74, 6) is 1.13. The summed E-state index contributed by atoms with van der Waals surface area (Å²) < 4.78 is 11.0. The zero-order valence-electron chi connectivity index (χ0n) is 12.5. The van der Waals surface area contributed by atoms with Gasteiger partial charge >= 0.3 is 5.97 Å². The second kappa shape index (κ2) is 6.02. The lowest BCUT2D eigenvalue weighted by atomic mass is 9.83. The molecule has 0 spiro atoms. The van der Waals surface area contributed by atoms with Gasteiger partial charge in [-0.2, -0.15) is 0 Å². The van der Waals surface area contributed by atoms with Gasteiger partial charge < -0.3 is 9.47 Å². The van der Waals surface area contributed by atoms with Crippen LogP contribution in [-0.4, -0.2) is 37.9 Å². The van der Waals surface area contributed by atoms with Crippen molar-refractivity contribution in [2.24, 2.45) is 11.8 Å². The number of rotatable bonds is 9. The molecule has 0 aromatic carbocycles. The number of nitrogens with one attached hydrogen (secondary N) is 1. The number of ether oxygens (including phenoxy) is 2. The van der Waals surface area contributed by atoms with Gasteiger partial charge in [0.05, 0.1) is 13.7 Å². The van der Waals surface area contributed by atoms with E-state index in [0.29, 0.717) is 18.6 Å². The Morgan fingerprint density at radius 2 is 1.95 bits per heavy atom. The predicted molar refractivity (Wildman–Crippen MR) is 76.4 cm³/mol. The van der Waals surface area contributed by atoms with E-state index >= 15 is 0 Å². The van der Waals surface area contributed by atoms with Crippen molar-refractivity contribution < 1.29 is 14.3 Å². The van der Waals surface area contributed by atoms with Crippen molar-refractivity contribution in [2.75, 3.05) is 20.3 Å². The Bertz CT molecular complexity index is 348. The molecule has 0 radical (unpaired) electrons. The van der Waals surface area contributed by atoms with Crippen LogP contribution in [0.25, 0.3) is 0 Å². The van der Waals surface area contributed by atoms with Gasteiger partial charge in [0.2, 0.25) is 0 Å². The fraction of sp³-hybridized carbons (Fsp3) is 0.938. The van der Waals surface area contributed by atoms with Crippen LogP contribution in [0.4, 0.5) is 0 Å². The Morgan fingerprint density at radius 3 is 2.45 bits per heavy atom. The summed E-state index contributed by atoms with van der Waals surface area (Å²) in [5, 5.41) is 3.53. The fourth-order valence-electron chi connectivity index (χ4n) is 3.18. The van der Waals surface area contributed by atoms with E-state index in [1.54, 1.807) is 0 Å². The van der Waals surface area contributed by atoms with Crippen LogP contribution in [0.15, 0.2) is 0 Å². The van der Waals surface area contributed by atoms with Crippen molar-refractivity contribution in [2.45, 2.75) is 62.9 Å². The standard InChI is InChI=1S/C16H27NO3/c1-19-15(18)16(13-5-6-13,17-14-7-8-14)11-20-10-9-12-3-2-4-12/h12-14,17H,2-11H2,1H3. The number of hydrogen-bond acceptors (Lipinski definition) is 4. The molecule has 3 rings (SSSR count). The third-order valence-corrected chi connectivity index (χ3v) is 5.09. The Morgan fingerprint density at radius 1 is 1.20 bits per heavy atom. The van der Waals surface area contributed by atoms with Crippen molar-refractivity contribution in [3.8, 4) is 0 Å². The molecule has 0 bridgehead atoms. The predicted octanol–water partition coefficient (Wildman–Crippen LogP) is 2.27. The van der Waals surface area contributed by atoms with Gasteiger partial charge in [-0.3, -0.25) is 5.32 Å². The van der Waals surface area contributed by atoms with Crippen molar-refractivity contribution in [3.05, 3.63) is 0 Å². The van der Waals surface area contributed by atoms with Gasteiger partial charge in [-0.1, -0.05) is 19.3 Å². The molecule has 3 aliphatic carbocycles. The molecule has 114 valence electrons. The van der Waals surface area contributed by atoms with Gasteiger partial charge in [0, 0.05) is 12.6 Å². The Kier molecular flexibility index (Phi) is 4.32. The summed E-state index contributed by atoms with van der Waals surface area (Å²) in [6.45, 7) is 1.26. The molecular formula is C16H27NO3. The lowest BCUT2D eigenvalue weighted by molar-refractivity contribution is -0.153. The first-order valence-electron chi connectivity index (χ1n) is 8.18. The second-order valence-electron chi connectivity index (χ2n) is 6.79. The fourth-order valence-corrected chi connectivity index (χ4v) is 3.18. The largest absolute Gasteiger partial charge is 0.468 e. The van der Waals surface area contributed by atoms with E-state index in [0.717, 1.165) is 31.8 Å². The highest BCUT2D eigenvalue weighted by Gasteiger charge is 2.54. The van der Waals surface area contributed by atoms with Crippen molar-refractivity contribution in [3.63, 3.8) is 0 Å². The van der Waals surface area contributed by atoms with Crippen molar-refractivity contribution >= 4 is 5.97 Å². The molecule has 0 amide bonds. The van der Waals surface area contributed by atoms with E-state index < -0.39 is 5.54 Å². The van der Waals surface area contributed by atoms with Crippen LogP contribution in [0.5, 0.6) is 0 Å². The zero-order valence-corrected chi connectivity index (χ0v) is 12.5. The molecule has 1 atom stereocenters. The number of carbonyl (C=O) groups is 1. The first kappa shape index (κ1) is 14.3. The summed E-state index contributed by atoms with van der Waals surface area (Å²) in [6.07, 6.45) is 9.80. The molecule has 1 N–H and O–H groups in total. The maximum atomic E-state index is 12.3. The van der Waals surface area contributed by atoms with Crippen LogP contribution >= 0.6 is 0 Å². The quantitative estimate of drug-likeness (QED) is 0.520. The van der Waals surface area contributed by atoms with Gasteiger partial charge in [-0.05, 0) is 43.9 Å².